The molecule has 3 aromatic rings. The molecular formula is C32H45N7O5S. The summed E-state index contributed by atoms with van der Waals surface area (Å²) in [5.41, 5.74) is 2.34. The second kappa shape index (κ2) is 13.4. The first kappa shape index (κ1) is 32.8. The maximum absolute atomic E-state index is 13.4. The normalized spacial score (nSPS) is 17.0. The number of nitrogens with zero attached hydrogens (tertiary/aromatic N) is 6. The number of benzene rings is 1. The lowest BCUT2D eigenvalue weighted by molar-refractivity contribution is 0.0663. The van der Waals surface area contributed by atoms with E-state index >= 15 is 0 Å². The smallest absolute Gasteiger partial charge is 0.303 e. The quantitative estimate of drug-likeness (QED) is 0.371. The van der Waals surface area contributed by atoms with Gasteiger partial charge in [-0.15, -0.1) is 5.10 Å². The van der Waals surface area contributed by atoms with E-state index in [-0.39, 0.29) is 23.7 Å². The largest absolute Gasteiger partial charge is 0.473 e. The van der Waals surface area contributed by atoms with E-state index in [0.717, 1.165) is 54.8 Å². The van der Waals surface area contributed by atoms with Crippen LogP contribution >= 0.6 is 0 Å². The van der Waals surface area contributed by atoms with Gasteiger partial charge in [-0.25, -0.2) is 14.4 Å². The molecule has 45 heavy (non-hydrogen) atoms. The first-order valence-electron chi connectivity index (χ1n) is 15.8. The number of hydrogen-bond donors (Lipinski definition) is 1. The molecule has 0 radical (unpaired) electrons. The Balaban J connectivity index is 1.58. The Kier molecular flexibility index (Phi) is 9.80. The fraction of sp³-hybridized carbons (Fsp3) is 0.562. The Hall–Kier alpha value is -3.55. The van der Waals surface area contributed by atoms with Crippen LogP contribution in [0.15, 0.2) is 30.3 Å². The van der Waals surface area contributed by atoms with Gasteiger partial charge < -0.3 is 14.5 Å². The van der Waals surface area contributed by atoms with Crippen molar-refractivity contribution in [1.29, 1.82) is 0 Å². The van der Waals surface area contributed by atoms with Gasteiger partial charge in [0.25, 0.3) is 11.8 Å². The van der Waals surface area contributed by atoms with Crippen molar-refractivity contribution in [2.45, 2.75) is 77.0 Å². The third-order valence-electron chi connectivity index (χ3n) is 8.76. The highest BCUT2D eigenvalue weighted by molar-refractivity contribution is 7.87. The van der Waals surface area contributed by atoms with Gasteiger partial charge in [-0.1, -0.05) is 31.4 Å². The van der Waals surface area contributed by atoms with E-state index < -0.39 is 16.1 Å². The molecule has 1 aromatic carbocycles. The number of hydrogen-bond acceptors (Lipinski definition) is 8. The van der Waals surface area contributed by atoms with Gasteiger partial charge in [-0.2, -0.15) is 12.7 Å². The molecule has 2 aromatic heterocycles. The fourth-order valence-corrected chi connectivity index (χ4v) is 6.68. The molecule has 244 valence electrons. The van der Waals surface area contributed by atoms with Crippen molar-refractivity contribution in [1.82, 2.24) is 33.6 Å². The summed E-state index contributed by atoms with van der Waals surface area (Å²) in [4.78, 5) is 35.5. The predicted octanol–water partition coefficient (Wildman–Crippen LogP) is 4.09. The van der Waals surface area contributed by atoms with Gasteiger partial charge in [0.05, 0.1) is 17.5 Å². The van der Waals surface area contributed by atoms with Gasteiger partial charge in [0.2, 0.25) is 5.88 Å². The maximum atomic E-state index is 13.4. The Labute approximate surface area is 265 Å². The van der Waals surface area contributed by atoms with Gasteiger partial charge in [0, 0.05) is 44.4 Å². The van der Waals surface area contributed by atoms with E-state index in [4.69, 9.17) is 14.8 Å². The number of rotatable bonds is 9. The number of aromatic nitrogens is 3. The van der Waals surface area contributed by atoms with E-state index in [1.165, 1.54) is 14.1 Å². The summed E-state index contributed by atoms with van der Waals surface area (Å²) in [6.45, 7) is 5.26. The molecule has 0 atom stereocenters. The topological polar surface area (TPSA) is 130 Å². The summed E-state index contributed by atoms with van der Waals surface area (Å²) in [5, 5.41) is 5.52. The fourth-order valence-electron chi connectivity index (χ4n) is 6.15. The molecule has 12 nitrogen and oxygen atoms in total. The molecule has 2 amide bonds. The Bertz CT molecular complexity index is 1640. The number of ether oxygens (including phenoxy) is 1. The second-order valence-electron chi connectivity index (χ2n) is 12.7. The lowest BCUT2D eigenvalue weighted by Crippen LogP contribution is -2.44. The van der Waals surface area contributed by atoms with Crippen LogP contribution in [0.1, 0.15) is 85.7 Å². The molecular weight excluding hydrogens is 594 g/mol. The molecule has 3 heterocycles. The van der Waals surface area contributed by atoms with Crippen LogP contribution in [0.3, 0.4) is 0 Å². The van der Waals surface area contributed by atoms with Gasteiger partial charge >= 0.3 is 10.2 Å². The molecule has 1 N–H and O–H groups in total. The third-order valence-corrected chi connectivity index (χ3v) is 10.2. The van der Waals surface area contributed by atoms with Crippen LogP contribution in [0.4, 0.5) is 0 Å². The number of likely N-dealkylation sites (tertiary alicyclic amines) is 1. The molecule has 0 unspecified atom stereocenters. The summed E-state index contributed by atoms with van der Waals surface area (Å²) in [6, 6.07) is 9.42. The van der Waals surface area contributed by atoms with Crippen LogP contribution in [-0.2, 0) is 10.2 Å². The highest BCUT2D eigenvalue weighted by atomic mass is 32.2. The zero-order valence-electron chi connectivity index (χ0n) is 27.1. The number of nitrogens with one attached hydrogen (secondary N) is 1. The lowest BCUT2D eigenvalue weighted by atomic mass is 9.95. The van der Waals surface area contributed by atoms with Gasteiger partial charge in [-0.3, -0.25) is 9.59 Å². The third kappa shape index (κ3) is 7.15. The molecule has 2 fully saturated rings. The van der Waals surface area contributed by atoms with Gasteiger partial charge in [0.15, 0.2) is 5.65 Å². The zero-order valence-corrected chi connectivity index (χ0v) is 27.9. The van der Waals surface area contributed by atoms with Crippen LogP contribution in [0.5, 0.6) is 5.88 Å². The molecule has 13 heteroatoms. The van der Waals surface area contributed by atoms with Gasteiger partial charge in [0.1, 0.15) is 5.69 Å². The lowest BCUT2D eigenvalue weighted by Gasteiger charge is -2.35. The Morgan fingerprint density at radius 1 is 0.978 bits per heavy atom. The van der Waals surface area contributed by atoms with E-state index in [2.05, 4.69) is 23.7 Å². The maximum Gasteiger partial charge on any atom is 0.303 e. The molecule has 2 aliphatic rings. The predicted molar refractivity (Wildman–Crippen MR) is 174 cm³/mol. The highest BCUT2D eigenvalue weighted by Gasteiger charge is 2.29. The minimum atomic E-state index is -4.05. The average Bonchev–Trinajstić information content (AvgIpc) is 3.38. The Morgan fingerprint density at radius 3 is 2.20 bits per heavy atom. The molecule has 5 rings (SSSR count). The van der Waals surface area contributed by atoms with Crippen molar-refractivity contribution in [2.24, 2.45) is 0 Å². The molecule has 1 aliphatic heterocycles. The first-order valence-corrected chi connectivity index (χ1v) is 17.2. The minimum Gasteiger partial charge on any atom is -0.473 e. The van der Waals surface area contributed by atoms with Crippen LogP contribution in [-0.4, -0.2) is 103 Å². The zero-order chi connectivity index (χ0) is 32.5. The van der Waals surface area contributed by atoms with Crippen LogP contribution in [0, 0.1) is 0 Å². The summed E-state index contributed by atoms with van der Waals surface area (Å²) in [5.74, 6) is -0.450. The van der Waals surface area contributed by atoms with Gasteiger partial charge in [-0.05, 0) is 77.4 Å². The SMILES string of the molecule is CC(C)Oc1nn(C2CCCCC2)c2nc(C(=O)NS(=O)(=O)N(C)C)cc(-c3ccc(C(=O)N4CCC(N(C)C)CC4)cc3)c12. The number of piperidine rings is 1. The second-order valence-corrected chi connectivity index (χ2v) is 14.6. The van der Waals surface area contributed by atoms with E-state index in [0.29, 0.717) is 47.2 Å². The van der Waals surface area contributed by atoms with Crippen molar-refractivity contribution < 1.29 is 22.7 Å². The van der Waals surface area contributed by atoms with Crippen molar-refractivity contribution in [3.05, 3.63) is 41.6 Å². The minimum absolute atomic E-state index is 0.0125. The molecule has 1 aliphatic carbocycles. The average molecular weight is 640 g/mol. The number of carbonyl (C=O) groups excluding carboxylic acids is 2. The van der Waals surface area contributed by atoms with Crippen LogP contribution in [0.2, 0.25) is 0 Å². The van der Waals surface area contributed by atoms with E-state index in [9.17, 15) is 18.0 Å². The van der Waals surface area contributed by atoms with Crippen molar-refractivity contribution in [2.75, 3.05) is 41.3 Å². The highest BCUT2D eigenvalue weighted by Crippen LogP contribution is 2.39. The standard InChI is InChI=1S/C32H45N7O5S/c1-21(2)44-31-28-26(22-12-14-23(15-13-22)32(41)38-18-16-24(17-19-38)36(3)4)20-27(30(40)35-45(42,43)37(5)6)33-29(28)39(34-31)25-10-8-7-9-11-25/h12-15,20-21,24-25H,7-11,16-19H2,1-6H3,(H,35,40). The molecule has 1 saturated heterocycles. The van der Waals surface area contributed by atoms with Crippen molar-refractivity contribution in [3.63, 3.8) is 0 Å². The van der Waals surface area contributed by atoms with Crippen molar-refractivity contribution in [3.8, 4) is 17.0 Å². The number of carbonyl (C=O) groups is 2. The number of fused-ring (bicyclic) bond motifs is 1. The summed E-state index contributed by atoms with van der Waals surface area (Å²) in [6.07, 6.45) is 6.81. The van der Waals surface area contributed by atoms with E-state index in [1.54, 1.807) is 18.2 Å². The molecule has 0 spiro atoms. The number of pyridine rings is 1. The molecule has 0 bridgehead atoms. The van der Waals surface area contributed by atoms with Crippen LogP contribution in [0.25, 0.3) is 22.2 Å². The monoisotopic (exact) mass is 639 g/mol. The summed E-state index contributed by atoms with van der Waals surface area (Å²) < 4.78 is 36.2. The van der Waals surface area contributed by atoms with Crippen molar-refractivity contribution >= 4 is 33.1 Å². The number of amides is 2. The first-order chi connectivity index (χ1) is 21.4. The summed E-state index contributed by atoms with van der Waals surface area (Å²) >= 11 is 0. The molecule has 1 saturated carbocycles. The summed E-state index contributed by atoms with van der Waals surface area (Å²) in [7, 11) is 2.79. The van der Waals surface area contributed by atoms with E-state index in [1.807, 2.05) is 35.6 Å². The Morgan fingerprint density at radius 2 is 1.62 bits per heavy atom. The van der Waals surface area contributed by atoms with Crippen LogP contribution < -0.4 is 9.46 Å².